The molecule has 9 heteroatoms. The molecule has 0 aliphatic carbocycles. The number of hydrogen-bond donors (Lipinski definition) is 0. The minimum absolute atomic E-state index is 0.118. The SMILES string of the molecule is C#Cc1cccc(C2C(C(=O)OC(C)N3CCN(C(c4ccccc4)c4ccccc4)CC3)=C(C)N=C(C(OC)OC)C2C(=O)OC)c1. The molecule has 0 amide bonds. The fourth-order valence-corrected chi connectivity index (χ4v) is 6.80. The number of aliphatic imine (C=N–C) groups is 1. The summed E-state index contributed by atoms with van der Waals surface area (Å²) >= 11 is 0. The van der Waals surface area contributed by atoms with Crippen LogP contribution < -0.4 is 0 Å². The number of piperazine rings is 1. The number of ether oxygens (including phenoxy) is 4. The number of benzene rings is 3. The first kappa shape index (κ1) is 34.7. The summed E-state index contributed by atoms with van der Waals surface area (Å²) in [4.78, 5) is 36.9. The summed E-state index contributed by atoms with van der Waals surface area (Å²) in [6, 6.07) is 28.4. The number of carbonyl (C=O) groups is 2. The average Bonchev–Trinajstić information content (AvgIpc) is 3.12. The Kier molecular flexibility index (Phi) is 11.6. The zero-order valence-corrected chi connectivity index (χ0v) is 28.2. The van der Waals surface area contributed by atoms with Crippen molar-refractivity contribution in [1.82, 2.24) is 9.80 Å². The molecule has 250 valence electrons. The largest absolute Gasteiger partial charge is 0.468 e. The van der Waals surface area contributed by atoms with E-state index in [1.54, 1.807) is 25.1 Å². The van der Waals surface area contributed by atoms with E-state index in [-0.39, 0.29) is 11.6 Å². The summed E-state index contributed by atoms with van der Waals surface area (Å²) in [5.41, 5.74) is 4.69. The third-order valence-electron chi connectivity index (χ3n) is 9.14. The molecular formula is C39H43N3O6. The number of allylic oxidation sites excluding steroid dienone is 1. The second-order valence-electron chi connectivity index (χ2n) is 11.9. The van der Waals surface area contributed by atoms with Crippen LogP contribution in [0.2, 0.25) is 0 Å². The van der Waals surface area contributed by atoms with Crippen LogP contribution in [0.4, 0.5) is 0 Å². The van der Waals surface area contributed by atoms with Crippen LogP contribution in [0.3, 0.4) is 0 Å². The molecule has 3 aromatic carbocycles. The lowest BCUT2D eigenvalue weighted by atomic mass is 9.74. The Bertz CT molecular complexity index is 1630. The van der Waals surface area contributed by atoms with Gasteiger partial charge in [0.1, 0.15) is 5.92 Å². The van der Waals surface area contributed by atoms with Crippen LogP contribution in [-0.2, 0) is 28.5 Å². The summed E-state index contributed by atoms with van der Waals surface area (Å²) < 4.78 is 22.5. The second-order valence-corrected chi connectivity index (χ2v) is 11.9. The van der Waals surface area contributed by atoms with E-state index in [1.165, 1.54) is 32.5 Å². The van der Waals surface area contributed by atoms with Crippen molar-refractivity contribution >= 4 is 17.7 Å². The maximum Gasteiger partial charge on any atom is 0.338 e. The topological polar surface area (TPSA) is 89.9 Å². The van der Waals surface area contributed by atoms with Crippen LogP contribution >= 0.6 is 0 Å². The number of hydrogen-bond acceptors (Lipinski definition) is 9. The highest BCUT2D eigenvalue weighted by molar-refractivity contribution is 6.09. The van der Waals surface area contributed by atoms with E-state index in [0.29, 0.717) is 35.6 Å². The maximum atomic E-state index is 14.2. The zero-order chi connectivity index (χ0) is 34.2. The highest BCUT2D eigenvalue weighted by atomic mass is 16.7. The fourth-order valence-electron chi connectivity index (χ4n) is 6.80. The fraction of sp³-hybridized carbons (Fsp3) is 0.359. The molecule has 0 N–H and O–H groups in total. The average molecular weight is 650 g/mol. The number of nitrogens with zero attached hydrogens (tertiary/aromatic N) is 3. The van der Waals surface area contributed by atoms with Crippen molar-refractivity contribution < 1.29 is 28.5 Å². The van der Waals surface area contributed by atoms with E-state index >= 15 is 0 Å². The highest BCUT2D eigenvalue weighted by Gasteiger charge is 2.46. The van der Waals surface area contributed by atoms with E-state index in [0.717, 1.165) is 13.1 Å². The van der Waals surface area contributed by atoms with Crippen molar-refractivity contribution in [3.63, 3.8) is 0 Å². The Morgan fingerprint density at radius 1 is 0.854 bits per heavy atom. The van der Waals surface area contributed by atoms with Gasteiger partial charge in [-0.2, -0.15) is 0 Å². The molecule has 2 heterocycles. The molecule has 0 radical (unpaired) electrons. The van der Waals surface area contributed by atoms with Crippen LogP contribution in [-0.4, -0.2) is 87.5 Å². The summed E-state index contributed by atoms with van der Waals surface area (Å²) in [5.74, 6) is -0.331. The van der Waals surface area contributed by atoms with Crippen LogP contribution in [0.5, 0.6) is 0 Å². The molecular weight excluding hydrogens is 606 g/mol. The Morgan fingerprint density at radius 2 is 1.44 bits per heavy atom. The quantitative estimate of drug-likeness (QED) is 0.160. The maximum absolute atomic E-state index is 14.2. The number of esters is 2. The highest BCUT2D eigenvalue weighted by Crippen LogP contribution is 2.42. The number of terminal acetylenes is 1. The van der Waals surface area contributed by atoms with Gasteiger partial charge in [-0.25, -0.2) is 4.79 Å². The van der Waals surface area contributed by atoms with E-state index in [9.17, 15) is 9.59 Å². The molecule has 1 saturated heterocycles. The molecule has 0 aromatic heterocycles. The molecule has 0 bridgehead atoms. The van der Waals surface area contributed by atoms with E-state index in [4.69, 9.17) is 25.4 Å². The molecule has 5 rings (SSSR count). The zero-order valence-electron chi connectivity index (χ0n) is 28.2. The van der Waals surface area contributed by atoms with Gasteiger partial charge in [-0.05, 0) is 42.7 Å². The van der Waals surface area contributed by atoms with Gasteiger partial charge >= 0.3 is 11.9 Å². The molecule has 2 aliphatic rings. The Labute approximate surface area is 283 Å². The first-order valence-corrected chi connectivity index (χ1v) is 16.1. The molecule has 0 spiro atoms. The van der Waals surface area contributed by atoms with Gasteiger partial charge in [0.15, 0.2) is 12.5 Å². The second kappa shape index (κ2) is 16.0. The van der Waals surface area contributed by atoms with Crippen molar-refractivity contribution in [3.8, 4) is 12.3 Å². The molecule has 3 atom stereocenters. The van der Waals surface area contributed by atoms with Crippen LogP contribution in [0.15, 0.2) is 101 Å². The Morgan fingerprint density at radius 3 is 1.98 bits per heavy atom. The first-order valence-electron chi connectivity index (χ1n) is 16.1. The monoisotopic (exact) mass is 649 g/mol. The summed E-state index contributed by atoms with van der Waals surface area (Å²) in [7, 11) is 4.23. The van der Waals surface area contributed by atoms with Gasteiger partial charge in [-0.15, -0.1) is 6.42 Å². The summed E-state index contributed by atoms with van der Waals surface area (Å²) in [6.07, 6.45) is 4.26. The minimum Gasteiger partial charge on any atom is -0.468 e. The number of carbonyl (C=O) groups excluding carboxylic acids is 2. The summed E-state index contributed by atoms with van der Waals surface area (Å²) in [5, 5.41) is 0. The minimum atomic E-state index is -1.02. The van der Waals surface area contributed by atoms with Gasteiger partial charge in [0.05, 0.1) is 24.4 Å². The van der Waals surface area contributed by atoms with E-state index in [2.05, 4.69) is 69.2 Å². The van der Waals surface area contributed by atoms with Gasteiger partial charge in [-0.1, -0.05) is 78.7 Å². The van der Waals surface area contributed by atoms with Crippen molar-refractivity contribution in [2.75, 3.05) is 47.5 Å². The Hall–Kier alpha value is -4.59. The lowest BCUT2D eigenvalue weighted by Crippen LogP contribution is -2.52. The van der Waals surface area contributed by atoms with Crippen molar-refractivity contribution in [1.29, 1.82) is 0 Å². The molecule has 0 saturated carbocycles. The molecule has 1 fully saturated rings. The Balaban J connectivity index is 1.40. The lowest BCUT2D eigenvalue weighted by molar-refractivity contribution is -0.155. The summed E-state index contributed by atoms with van der Waals surface area (Å²) in [6.45, 7) is 6.57. The van der Waals surface area contributed by atoms with E-state index < -0.39 is 36.3 Å². The van der Waals surface area contributed by atoms with Crippen molar-refractivity contribution in [2.45, 2.75) is 38.3 Å². The molecule has 2 aliphatic heterocycles. The van der Waals surface area contributed by atoms with Gasteiger partial charge < -0.3 is 18.9 Å². The van der Waals surface area contributed by atoms with Gasteiger partial charge in [-0.3, -0.25) is 19.6 Å². The third kappa shape index (κ3) is 7.43. The molecule has 3 unspecified atom stereocenters. The smallest absolute Gasteiger partial charge is 0.338 e. The van der Waals surface area contributed by atoms with E-state index in [1.807, 2.05) is 25.1 Å². The molecule has 3 aromatic rings. The van der Waals surface area contributed by atoms with Gasteiger partial charge in [0.25, 0.3) is 0 Å². The predicted octanol–water partition coefficient (Wildman–Crippen LogP) is 5.18. The van der Waals surface area contributed by atoms with Crippen LogP contribution in [0, 0.1) is 18.3 Å². The molecule has 9 nitrogen and oxygen atoms in total. The van der Waals surface area contributed by atoms with Crippen LogP contribution in [0.1, 0.15) is 48.1 Å². The van der Waals surface area contributed by atoms with Crippen molar-refractivity contribution in [3.05, 3.63) is 118 Å². The first-order chi connectivity index (χ1) is 23.3. The number of rotatable bonds is 11. The number of methoxy groups -OCH3 is 3. The predicted molar refractivity (Wildman–Crippen MR) is 184 cm³/mol. The molecule has 48 heavy (non-hydrogen) atoms. The third-order valence-corrected chi connectivity index (χ3v) is 9.14. The lowest BCUT2D eigenvalue weighted by Gasteiger charge is -2.41. The standard InChI is InChI=1S/C39H43N3O6/c1-7-28-15-14-20-31(25-28)33-32(26(2)40-35(39(46-5)47-6)34(33)37(43)45-4)38(44)48-27(3)41-21-23-42(24-22-41)36(29-16-10-8-11-17-29)30-18-12-9-13-19-30/h1,8-20,25,27,33-34,36,39H,21-24H2,2-6H3. The van der Waals surface area contributed by atoms with Gasteiger partial charge in [0, 0.05) is 57.6 Å². The van der Waals surface area contributed by atoms with Crippen LogP contribution in [0.25, 0.3) is 0 Å². The van der Waals surface area contributed by atoms with Crippen molar-refractivity contribution in [2.24, 2.45) is 10.9 Å². The van der Waals surface area contributed by atoms with Gasteiger partial charge in [0.2, 0.25) is 0 Å². The normalized spacial score (nSPS) is 19.5.